The van der Waals surface area contributed by atoms with E-state index >= 15 is 0 Å². The second-order valence-electron chi connectivity index (χ2n) is 14.2. The Labute approximate surface area is 332 Å². The van der Waals surface area contributed by atoms with Crippen molar-refractivity contribution in [1.82, 2.24) is 14.2 Å². The van der Waals surface area contributed by atoms with Crippen LogP contribution in [0.3, 0.4) is 0 Å². The summed E-state index contributed by atoms with van der Waals surface area (Å²) < 4.78 is 68.3. The van der Waals surface area contributed by atoms with Gasteiger partial charge in [-0.1, -0.05) is 72.8 Å². The third-order valence-electron chi connectivity index (χ3n) is 10.8. The highest BCUT2D eigenvalue weighted by Gasteiger charge is 2.51. The van der Waals surface area contributed by atoms with Crippen molar-refractivity contribution in [2.75, 3.05) is 33.1 Å². The fourth-order valence-corrected chi connectivity index (χ4v) is 11.6. The van der Waals surface area contributed by atoms with Gasteiger partial charge in [-0.2, -0.15) is 0 Å². The maximum Gasteiger partial charge on any atom is 0.330 e. The van der Waals surface area contributed by atoms with Crippen molar-refractivity contribution in [3.05, 3.63) is 159 Å². The van der Waals surface area contributed by atoms with Gasteiger partial charge < -0.3 is 33.0 Å². The number of nitrogens with one attached hydrogen (secondary N) is 1. The summed E-state index contributed by atoms with van der Waals surface area (Å²) in [5, 5.41) is 0. The van der Waals surface area contributed by atoms with Crippen molar-refractivity contribution in [2.24, 2.45) is 0 Å². The van der Waals surface area contributed by atoms with E-state index in [0.717, 1.165) is 34.1 Å². The Morgan fingerprint density at radius 3 is 2.04 bits per heavy atom. The number of aromatic amines is 1. The van der Waals surface area contributed by atoms with E-state index in [1.54, 1.807) is 44.6 Å². The average molecular weight is 814 g/mol. The molecule has 3 saturated heterocycles. The second-order valence-corrected chi connectivity index (χ2v) is 17.6. The van der Waals surface area contributed by atoms with E-state index < -0.39 is 59.8 Å². The molecule has 4 heterocycles. The number of hydrogen-bond donors (Lipinski definition) is 1. The van der Waals surface area contributed by atoms with Gasteiger partial charge in [0.05, 0.1) is 43.7 Å². The molecule has 0 bridgehead atoms. The van der Waals surface area contributed by atoms with Crippen LogP contribution in [0.4, 0.5) is 0 Å². The lowest BCUT2D eigenvalue weighted by atomic mass is 9.80. The van der Waals surface area contributed by atoms with Crippen LogP contribution in [-0.2, 0) is 34.0 Å². The van der Waals surface area contributed by atoms with E-state index in [0.29, 0.717) is 18.0 Å². The zero-order valence-electron chi connectivity index (χ0n) is 31.5. The monoisotopic (exact) mass is 813 g/mol. The fraction of sp³-hybridized carbons (Fsp3) is 0.333. The molecular formula is C42H44N3O10PS. The first-order valence-corrected chi connectivity index (χ1v) is 21.6. The van der Waals surface area contributed by atoms with E-state index in [2.05, 4.69) is 9.65 Å². The van der Waals surface area contributed by atoms with Gasteiger partial charge in [0.2, 0.25) is 0 Å². The van der Waals surface area contributed by atoms with Crippen LogP contribution in [0.5, 0.6) is 11.5 Å². The van der Waals surface area contributed by atoms with Gasteiger partial charge in [-0.05, 0) is 65.9 Å². The quantitative estimate of drug-likeness (QED) is 0.107. The van der Waals surface area contributed by atoms with Crippen LogP contribution < -0.4 is 20.7 Å². The highest BCUT2D eigenvalue weighted by molar-refractivity contribution is 7.91. The summed E-state index contributed by atoms with van der Waals surface area (Å²) >= 11 is 0. The van der Waals surface area contributed by atoms with E-state index in [-0.39, 0.29) is 29.7 Å². The summed E-state index contributed by atoms with van der Waals surface area (Å²) in [7, 11) is -2.16. The third-order valence-corrected chi connectivity index (χ3v) is 14.4. The number of sulfone groups is 1. The van der Waals surface area contributed by atoms with Gasteiger partial charge in [0, 0.05) is 31.3 Å². The number of fused-ring (bicyclic) bond motifs is 1. The molecule has 15 heteroatoms. The molecule has 0 saturated carbocycles. The van der Waals surface area contributed by atoms with Crippen molar-refractivity contribution in [3.63, 3.8) is 0 Å². The first-order valence-electron chi connectivity index (χ1n) is 18.8. The number of benzene rings is 4. The van der Waals surface area contributed by atoms with E-state index in [4.69, 9.17) is 28.0 Å². The van der Waals surface area contributed by atoms with Gasteiger partial charge in [-0.15, -0.1) is 0 Å². The molecule has 0 aliphatic carbocycles. The Kier molecular flexibility index (Phi) is 11.5. The Balaban J connectivity index is 1.14. The summed E-state index contributed by atoms with van der Waals surface area (Å²) in [5.41, 5.74) is 0.152. The number of methoxy groups -OCH3 is 2. The smallest absolute Gasteiger partial charge is 0.330 e. The highest BCUT2D eigenvalue weighted by atomic mass is 32.2. The number of hydrogen-bond acceptors (Lipinski definition) is 11. The Bertz CT molecular complexity index is 2290. The minimum Gasteiger partial charge on any atom is -0.497 e. The van der Waals surface area contributed by atoms with E-state index in [1.807, 2.05) is 78.9 Å². The van der Waals surface area contributed by atoms with Gasteiger partial charge in [-0.25, -0.2) is 22.4 Å². The summed E-state index contributed by atoms with van der Waals surface area (Å²) in [5.74, 6) is 1.17. The summed E-state index contributed by atoms with van der Waals surface area (Å²) in [4.78, 5) is 29.0. The standard InChI is InChI=1S/C42H44N3O10PS/c1-50-32-19-15-30(16-20-32)42(29-10-5-3-6-11-29,31-17-21-33(51-2)22-18-31)52-27-37-36(26-40(53-37)45-39(46)23-24-43-41(45)47)54-56-44-25-9-14-35(44)38(55-56)28-57(48,49)34-12-7-4-8-13-34/h3-8,10-13,15-24,35-38,40H,9,14,25-28H2,1-2H3,(H,43,47)/t35-,36+,37-,38+,40-,56+/m1/s1. The Morgan fingerprint density at radius 1 is 0.807 bits per heavy atom. The number of ether oxygens (including phenoxy) is 4. The van der Waals surface area contributed by atoms with Crippen LogP contribution in [0.25, 0.3) is 0 Å². The molecule has 5 aromatic rings. The lowest BCUT2D eigenvalue weighted by molar-refractivity contribution is -0.0925. The van der Waals surface area contributed by atoms with Crippen LogP contribution in [0.15, 0.2) is 136 Å². The molecule has 0 unspecified atom stereocenters. The summed E-state index contributed by atoms with van der Waals surface area (Å²) in [6, 6.07) is 34.7. The molecular weight excluding hydrogens is 770 g/mol. The van der Waals surface area contributed by atoms with Gasteiger partial charge in [0.15, 0.2) is 9.84 Å². The molecule has 298 valence electrons. The van der Waals surface area contributed by atoms with Crippen LogP contribution in [0.1, 0.15) is 42.2 Å². The molecule has 0 amide bonds. The predicted molar refractivity (Wildman–Crippen MR) is 213 cm³/mol. The number of aromatic nitrogens is 2. The second kappa shape index (κ2) is 16.7. The zero-order chi connectivity index (χ0) is 39.6. The largest absolute Gasteiger partial charge is 0.497 e. The van der Waals surface area contributed by atoms with Crippen molar-refractivity contribution >= 4 is 18.4 Å². The third kappa shape index (κ3) is 7.83. The topological polar surface area (TPSA) is 148 Å². The van der Waals surface area contributed by atoms with Crippen molar-refractivity contribution in [2.45, 2.75) is 60.3 Å². The molecule has 3 aliphatic heterocycles. The maximum atomic E-state index is 13.5. The first kappa shape index (κ1) is 39.2. The molecule has 1 N–H and O–H groups in total. The van der Waals surface area contributed by atoms with Gasteiger partial charge in [-0.3, -0.25) is 4.79 Å². The fourth-order valence-electron chi connectivity index (χ4n) is 8.00. The van der Waals surface area contributed by atoms with Gasteiger partial charge in [0.25, 0.3) is 14.1 Å². The Morgan fingerprint density at radius 2 is 1.42 bits per heavy atom. The summed E-state index contributed by atoms with van der Waals surface area (Å²) in [6.45, 7) is 0.645. The van der Waals surface area contributed by atoms with Crippen molar-refractivity contribution < 1.29 is 36.4 Å². The van der Waals surface area contributed by atoms with Gasteiger partial charge in [0.1, 0.15) is 29.4 Å². The van der Waals surface area contributed by atoms with Gasteiger partial charge >= 0.3 is 5.69 Å². The van der Waals surface area contributed by atoms with Crippen LogP contribution in [0.2, 0.25) is 0 Å². The lowest BCUT2D eigenvalue weighted by Gasteiger charge is -2.37. The number of H-pyrrole nitrogens is 1. The molecule has 57 heavy (non-hydrogen) atoms. The molecule has 3 aliphatic rings. The normalized spacial score (nSPS) is 23.7. The molecule has 4 aromatic carbocycles. The molecule has 1 aromatic heterocycles. The molecule has 0 spiro atoms. The molecule has 6 atom stereocenters. The van der Waals surface area contributed by atoms with Crippen LogP contribution in [0, 0.1) is 0 Å². The summed E-state index contributed by atoms with van der Waals surface area (Å²) in [6.07, 6.45) is -0.00704. The average Bonchev–Trinajstić information content (AvgIpc) is 3.96. The number of rotatable bonds is 14. The Hall–Kier alpha value is -4.66. The van der Waals surface area contributed by atoms with E-state index in [1.165, 1.54) is 12.3 Å². The minimum absolute atomic E-state index is 0.0357. The highest BCUT2D eigenvalue weighted by Crippen LogP contribution is 2.58. The van der Waals surface area contributed by atoms with Crippen molar-refractivity contribution in [1.29, 1.82) is 0 Å². The van der Waals surface area contributed by atoms with Crippen molar-refractivity contribution in [3.8, 4) is 11.5 Å². The molecule has 13 nitrogen and oxygen atoms in total. The van der Waals surface area contributed by atoms with Crippen LogP contribution in [-0.4, -0.2) is 80.1 Å². The SMILES string of the molecule is COc1ccc(C(OC[C@H]2O[C@@H](n3c(=O)cc[nH]c3=O)C[C@@H]2O[P@@]2O[C@@H](CS(=O)(=O)c3ccccc3)[C@H]3CCCN32)(c2ccccc2)c2ccc(OC)cc2)cc1. The van der Waals surface area contributed by atoms with Crippen LogP contribution >= 0.6 is 8.53 Å². The van der Waals surface area contributed by atoms with E-state index in [9.17, 15) is 18.0 Å². The minimum atomic E-state index is -3.64. The zero-order valence-corrected chi connectivity index (χ0v) is 33.2. The molecule has 3 fully saturated rings. The first-order chi connectivity index (χ1) is 27.7. The lowest BCUT2D eigenvalue weighted by Crippen LogP contribution is -2.39. The molecule has 8 rings (SSSR count). The maximum absolute atomic E-state index is 13.5. The molecule has 0 radical (unpaired) electrons. The number of nitrogens with zero attached hydrogens (tertiary/aromatic N) is 2. The predicted octanol–water partition coefficient (Wildman–Crippen LogP) is 5.80.